The Bertz CT molecular complexity index is 274. The lowest BCUT2D eigenvalue weighted by molar-refractivity contribution is -0.135. The monoisotopic (exact) mass is 252 g/mol. The van der Waals surface area contributed by atoms with Crippen molar-refractivity contribution < 1.29 is 4.79 Å². The molecule has 1 heterocycles. The summed E-state index contributed by atoms with van der Waals surface area (Å²) in [5.74, 6) is 1.42. The van der Waals surface area contributed by atoms with Crippen LogP contribution in [0.25, 0.3) is 0 Å². The number of rotatable bonds is 4. The van der Waals surface area contributed by atoms with E-state index < -0.39 is 0 Å². The normalized spacial score (nSPS) is 27.4. The molecular weight excluding hydrogens is 224 g/mol. The molecule has 3 heteroatoms. The van der Waals surface area contributed by atoms with Crippen LogP contribution in [0.1, 0.15) is 58.3 Å². The molecular formula is C15H28N2O. The molecule has 2 N–H and O–H groups in total. The van der Waals surface area contributed by atoms with Crippen LogP contribution in [0.2, 0.25) is 0 Å². The molecule has 1 amide bonds. The van der Waals surface area contributed by atoms with Crippen LogP contribution < -0.4 is 5.73 Å². The van der Waals surface area contributed by atoms with Gasteiger partial charge in [-0.15, -0.1) is 0 Å². The summed E-state index contributed by atoms with van der Waals surface area (Å²) in [4.78, 5) is 14.5. The maximum Gasteiger partial charge on any atom is 0.225 e. The smallest absolute Gasteiger partial charge is 0.225 e. The molecule has 0 spiro atoms. The third kappa shape index (κ3) is 3.47. The Kier molecular flexibility index (Phi) is 5.04. The lowest BCUT2D eigenvalue weighted by Crippen LogP contribution is -2.37. The summed E-state index contributed by atoms with van der Waals surface area (Å²) in [7, 11) is 0. The number of amides is 1. The zero-order valence-corrected chi connectivity index (χ0v) is 11.7. The molecule has 1 aliphatic carbocycles. The molecule has 0 aromatic carbocycles. The van der Waals surface area contributed by atoms with E-state index in [1.54, 1.807) is 0 Å². The summed E-state index contributed by atoms with van der Waals surface area (Å²) in [5.41, 5.74) is 5.89. The molecule has 1 saturated heterocycles. The standard InChI is InChI=1S/C15H28N2O/c1-2-13(10-12-6-4-3-5-7-12)15(18)17-9-8-14(16)11-17/h12-14H,2-11,16H2,1H3/t13?,14-/m1/s1. The van der Waals surface area contributed by atoms with Crippen molar-refractivity contribution in [1.82, 2.24) is 4.90 Å². The topological polar surface area (TPSA) is 46.3 Å². The largest absolute Gasteiger partial charge is 0.341 e. The van der Waals surface area contributed by atoms with Gasteiger partial charge in [-0.05, 0) is 25.2 Å². The van der Waals surface area contributed by atoms with Crippen LogP contribution in [-0.4, -0.2) is 29.9 Å². The fraction of sp³-hybridized carbons (Fsp3) is 0.933. The lowest BCUT2D eigenvalue weighted by Gasteiger charge is -2.28. The Balaban J connectivity index is 1.85. The average molecular weight is 252 g/mol. The van der Waals surface area contributed by atoms with E-state index in [0.717, 1.165) is 38.3 Å². The molecule has 0 bridgehead atoms. The van der Waals surface area contributed by atoms with Crippen molar-refractivity contribution in [3.63, 3.8) is 0 Å². The predicted molar refractivity (Wildman–Crippen MR) is 74.1 cm³/mol. The van der Waals surface area contributed by atoms with E-state index in [9.17, 15) is 4.79 Å². The molecule has 2 aliphatic rings. The second kappa shape index (κ2) is 6.55. The summed E-state index contributed by atoms with van der Waals surface area (Å²) < 4.78 is 0. The third-order valence-electron chi connectivity index (χ3n) is 4.72. The highest BCUT2D eigenvalue weighted by atomic mass is 16.2. The van der Waals surface area contributed by atoms with Crippen LogP contribution in [0.15, 0.2) is 0 Å². The zero-order valence-electron chi connectivity index (χ0n) is 11.7. The van der Waals surface area contributed by atoms with Crippen LogP contribution in [-0.2, 0) is 4.79 Å². The van der Waals surface area contributed by atoms with E-state index in [4.69, 9.17) is 5.73 Å². The SMILES string of the molecule is CCC(CC1CCCCC1)C(=O)N1CC[C@@H](N)C1. The third-order valence-corrected chi connectivity index (χ3v) is 4.72. The second-order valence-corrected chi connectivity index (χ2v) is 6.18. The van der Waals surface area contributed by atoms with Crippen molar-refractivity contribution in [3.8, 4) is 0 Å². The maximum absolute atomic E-state index is 12.5. The Morgan fingerprint density at radius 2 is 2.00 bits per heavy atom. The maximum atomic E-state index is 12.5. The van der Waals surface area contributed by atoms with E-state index in [1.165, 1.54) is 32.1 Å². The van der Waals surface area contributed by atoms with E-state index in [1.807, 2.05) is 4.90 Å². The van der Waals surface area contributed by atoms with Gasteiger partial charge in [0.2, 0.25) is 5.91 Å². The molecule has 104 valence electrons. The van der Waals surface area contributed by atoms with Crippen LogP contribution in [0, 0.1) is 11.8 Å². The van der Waals surface area contributed by atoms with Gasteiger partial charge >= 0.3 is 0 Å². The summed E-state index contributed by atoms with van der Waals surface area (Å²) in [6.45, 7) is 3.81. The molecule has 0 aromatic heterocycles. The van der Waals surface area contributed by atoms with Gasteiger partial charge in [0.05, 0.1) is 0 Å². The first-order valence-electron chi connectivity index (χ1n) is 7.75. The van der Waals surface area contributed by atoms with E-state index in [0.29, 0.717) is 5.91 Å². The second-order valence-electron chi connectivity index (χ2n) is 6.18. The van der Waals surface area contributed by atoms with Crippen molar-refractivity contribution in [2.24, 2.45) is 17.6 Å². The van der Waals surface area contributed by atoms with Crippen molar-refractivity contribution in [1.29, 1.82) is 0 Å². The number of carbonyl (C=O) groups is 1. The van der Waals surface area contributed by atoms with Crippen LogP contribution in [0.4, 0.5) is 0 Å². The van der Waals surface area contributed by atoms with E-state index >= 15 is 0 Å². The quantitative estimate of drug-likeness (QED) is 0.835. The Hall–Kier alpha value is -0.570. The van der Waals surface area contributed by atoms with Crippen molar-refractivity contribution in [2.45, 2.75) is 64.3 Å². The number of carbonyl (C=O) groups excluding carboxylic acids is 1. The molecule has 1 aliphatic heterocycles. The number of nitrogens with zero attached hydrogens (tertiary/aromatic N) is 1. The van der Waals surface area contributed by atoms with E-state index in [2.05, 4.69) is 6.92 Å². The van der Waals surface area contributed by atoms with Crippen LogP contribution >= 0.6 is 0 Å². The lowest BCUT2D eigenvalue weighted by atomic mass is 9.81. The Morgan fingerprint density at radius 3 is 2.56 bits per heavy atom. The number of nitrogens with two attached hydrogens (primary N) is 1. The minimum atomic E-state index is 0.209. The summed E-state index contributed by atoms with van der Waals surface area (Å²) in [5, 5.41) is 0. The number of likely N-dealkylation sites (tertiary alicyclic amines) is 1. The first kappa shape index (κ1) is 13.9. The molecule has 2 fully saturated rings. The highest BCUT2D eigenvalue weighted by Crippen LogP contribution is 2.31. The average Bonchev–Trinajstić information content (AvgIpc) is 2.83. The molecule has 1 unspecified atom stereocenters. The molecule has 0 aromatic rings. The summed E-state index contributed by atoms with van der Waals surface area (Å²) >= 11 is 0. The Morgan fingerprint density at radius 1 is 1.28 bits per heavy atom. The first-order valence-corrected chi connectivity index (χ1v) is 7.75. The molecule has 2 atom stereocenters. The van der Waals surface area contributed by atoms with Crippen molar-refractivity contribution >= 4 is 5.91 Å². The van der Waals surface area contributed by atoms with Gasteiger partial charge in [0.1, 0.15) is 0 Å². The first-order chi connectivity index (χ1) is 8.70. The highest BCUT2D eigenvalue weighted by molar-refractivity contribution is 5.79. The molecule has 2 rings (SSSR count). The summed E-state index contributed by atoms with van der Waals surface area (Å²) in [6, 6.07) is 0.209. The minimum Gasteiger partial charge on any atom is -0.341 e. The van der Waals surface area contributed by atoms with Gasteiger partial charge in [0, 0.05) is 25.0 Å². The van der Waals surface area contributed by atoms with Gasteiger partial charge in [-0.2, -0.15) is 0 Å². The van der Waals surface area contributed by atoms with Gasteiger partial charge in [-0.1, -0.05) is 39.0 Å². The Labute approximate surface area is 111 Å². The van der Waals surface area contributed by atoms with Crippen molar-refractivity contribution in [2.75, 3.05) is 13.1 Å². The molecule has 1 saturated carbocycles. The molecule has 3 nitrogen and oxygen atoms in total. The van der Waals surface area contributed by atoms with Gasteiger partial charge in [0.15, 0.2) is 0 Å². The zero-order chi connectivity index (χ0) is 13.0. The van der Waals surface area contributed by atoms with Crippen LogP contribution in [0.3, 0.4) is 0 Å². The molecule has 0 radical (unpaired) electrons. The number of hydrogen-bond acceptors (Lipinski definition) is 2. The van der Waals surface area contributed by atoms with Gasteiger partial charge in [-0.25, -0.2) is 0 Å². The van der Waals surface area contributed by atoms with E-state index in [-0.39, 0.29) is 12.0 Å². The van der Waals surface area contributed by atoms with Gasteiger partial charge in [0.25, 0.3) is 0 Å². The van der Waals surface area contributed by atoms with Gasteiger partial charge in [-0.3, -0.25) is 4.79 Å². The highest BCUT2D eigenvalue weighted by Gasteiger charge is 2.30. The number of hydrogen-bond donors (Lipinski definition) is 1. The van der Waals surface area contributed by atoms with Crippen LogP contribution in [0.5, 0.6) is 0 Å². The molecule has 18 heavy (non-hydrogen) atoms. The fourth-order valence-electron chi connectivity index (χ4n) is 3.51. The van der Waals surface area contributed by atoms with Crippen molar-refractivity contribution in [3.05, 3.63) is 0 Å². The van der Waals surface area contributed by atoms with Gasteiger partial charge < -0.3 is 10.6 Å². The fourth-order valence-corrected chi connectivity index (χ4v) is 3.51. The summed E-state index contributed by atoms with van der Waals surface area (Å²) in [6.07, 6.45) is 9.87. The minimum absolute atomic E-state index is 0.209. The predicted octanol–water partition coefficient (Wildman–Crippen LogP) is 2.54.